The molecule has 0 spiro atoms. The van der Waals surface area contributed by atoms with Crippen molar-refractivity contribution in [2.75, 3.05) is 42.7 Å². The number of nitrogens with zero attached hydrogens (tertiary/aromatic N) is 18. The minimum atomic E-state index is -1.08. The van der Waals surface area contributed by atoms with Crippen LogP contribution in [0.15, 0.2) is 0 Å². The van der Waals surface area contributed by atoms with Gasteiger partial charge in [0.05, 0.1) is 63.7 Å². The molecule has 0 atom stereocenters. The van der Waals surface area contributed by atoms with Gasteiger partial charge in [-0.2, -0.15) is 0 Å². The van der Waals surface area contributed by atoms with Gasteiger partial charge in [0.25, 0.3) is 34.1 Å². The topological polar surface area (TPSA) is 843 Å². The van der Waals surface area contributed by atoms with E-state index in [1.54, 1.807) is 83.1 Å². The van der Waals surface area contributed by atoms with Gasteiger partial charge in [-0.05, 0) is 83.1 Å². The second-order valence-corrected chi connectivity index (χ2v) is 14.8. The molecular formula is C48H80Cu7N18O32. The van der Waals surface area contributed by atoms with Crippen LogP contribution in [-0.2, 0) is 148 Å². The van der Waals surface area contributed by atoms with Crippen molar-refractivity contribution in [1.82, 2.24) is 61.2 Å². The molecule has 7 radical (unpaired) electrons. The van der Waals surface area contributed by atoms with Crippen LogP contribution in [0.1, 0.15) is 110 Å². The van der Waals surface area contributed by atoms with E-state index in [0.29, 0.717) is 68.3 Å². The number of hydrogen-bond acceptors (Lipinski definition) is 38. The quantitative estimate of drug-likeness (QED) is 0.0513. The number of hydrogen-bond donors (Lipinski definition) is 6. The number of aliphatic carboxylic acids is 6. The Morgan fingerprint density at radius 1 is 0.238 bits per heavy atom. The summed E-state index contributed by atoms with van der Waals surface area (Å²) >= 11 is 0. The first-order valence-corrected chi connectivity index (χ1v) is 24.5. The number of nitro groups is 6. The molecule has 6 rings (SSSR count). The number of aliphatic hydroxyl groups is 6. The van der Waals surface area contributed by atoms with Gasteiger partial charge >= 0.3 is 119 Å². The molecule has 6 aromatic heterocycles. The maximum atomic E-state index is 10.2. The maximum absolute atomic E-state index is 10.2. The molecule has 0 bridgehead atoms. The third-order valence-electron chi connectivity index (χ3n) is 7.31. The summed E-state index contributed by atoms with van der Waals surface area (Å²) < 4.78 is 0. The average Bonchev–Trinajstić information content (AvgIpc) is 1.80. The standard InChI is InChI=1S/6C5H6N3O2.6C2H4O2.6CH4O.7Cu.2H2O/c6*1-3-5(8(9)10)4(2)7-6-3;6*1-2(3)4;6*1-2;;;;;;;;;/h6*1-2H3;6*1H3,(H,3,4);6*2H,1H3;;;;;;;;2*1H2/q6*-1;;;;;;;;;;;;;7*+2;;/p-8. The van der Waals surface area contributed by atoms with Crippen molar-refractivity contribution < 1.29 is 250 Å². The molecule has 0 unspecified atom stereocenters. The predicted molar refractivity (Wildman–Crippen MR) is 319 cm³/mol. The fraction of sp³-hybridized carbons (Fsp3) is 0.500. The molecule has 0 fully saturated rings. The molecule has 0 amide bonds. The molecular weight excluding hydrogens is 1790 g/mol. The van der Waals surface area contributed by atoms with Gasteiger partial charge in [0.1, 0.15) is 0 Å². The predicted octanol–water partition coefficient (Wildman–Crippen LogP) is -6.80. The number of carboxylic acid groups (broad SMARTS) is 6. The molecule has 0 saturated heterocycles. The summed E-state index contributed by atoms with van der Waals surface area (Å²) in [4.78, 5) is 112. The molecule has 0 saturated carbocycles. The summed E-state index contributed by atoms with van der Waals surface area (Å²) in [6, 6.07) is 0. The Balaban J connectivity index is -0.0000000384. The first-order chi connectivity index (χ1) is 44.1. The monoisotopic (exact) mass is 1860 g/mol. The molecule has 0 aliphatic rings. The number of aromatic nitrogens is 12. The van der Waals surface area contributed by atoms with Crippen molar-refractivity contribution in [3.05, 3.63) is 129 Å². The van der Waals surface area contributed by atoms with E-state index in [-0.39, 0.29) is 165 Å². The van der Waals surface area contributed by atoms with E-state index in [4.69, 9.17) is 90.0 Å². The molecule has 631 valence electrons. The van der Waals surface area contributed by atoms with Gasteiger partial charge < -0.3 is 162 Å². The summed E-state index contributed by atoms with van der Waals surface area (Å²) in [6.07, 6.45) is 0. The van der Waals surface area contributed by atoms with Gasteiger partial charge in [0, 0.05) is 78.5 Å². The summed E-state index contributed by atoms with van der Waals surface area (Å²) in [5.41, 5.74) is 4.69. The van der Waals surface area contributed by atoms with E-state index in [0.717, 1.165) is 84.2 Å². The van der Waals surface area contributed by atoms with Crippen LogP contribution in [0.3, 0.4) is 0 Å². The Bertz CT molecular complexity index is 2510. The normalized spacial score (nSPS) is 7.37. The van der Waals surface area contributed by atoms with Crippen LogP contribution in [0.5, 0.6) is 0 Å². The van der Waals surface area contributed by atoms with E-state index in [1.165, 1.54) is 0 Å². The second-order valence-electron chi connectivity index (χ2n) is 14.8. The average molecular weight is 1870 g/mol. The van der Waals surface area contributed by atoms with Gasteiger partial charge in [-0.1, -0.05) is 75.7 Å². The first kappa shape index (κ1) is 155. The zero-order chi connectivity index (χ0) is 79.8. The molecule has 57 heteroatoms. The van der Waals surface area contributed by atoms with Crippen LogP contribution in [0.2, 0.25) is 0 Å². The van der Waals surface area contributed by atoms with Gasteiger partial charge in [-0.3, -0.25) is 60.7 Å². The van der Waals surface area contributed by atoms with Crippen LogP contribution in [0.25, 0.3) is 0 Å². The molecule has 50 nitrogen and oxygen atoms in total. The zero-order valence-electron chi connectivity index (χ0n) is 59.5. The molecule has 8 N–H and O–H groups in total. The first-order valence-electron chi connectivity index (χ1n) is 24.5. The van der Waals surface area contributed by atoms with Crippen molar-refractivity contribution in [2.24, 2.45) is 0 Å². The summed E-state index contributed by atoms with van der Waals surface area (Å²) in [7, 11) is 6.00. The molecule has 105 heavy (non-hydrogen) atoms. The number of aliphatic hydroxyl groups excluding tert-OH is 6. The van der Waals surface area contributed by atoms with E-state index in [1.807, 2.05) is 0 Å². The minimum absolute atomic E-state index is 0. The summed E-state index contributed by atoms with van der Waals surface area (Å²) in [6.45, 7) is 24.6. The van der Waals surface area contributed by atoms with Crippen LogP contribution in [0.4, 0.5) is 34.1 Å². The van der Waals surface area contributed by atoms with Crippen molar-refractivity contribution in [3.63, 3.8) is 0 Å². The summed E-state index contributed by atoms with van der Waals surface area (Å²) in [5.74, 6) is -6.50. The number of rotatable bonds is 6. The fourth-order valence-electron chi connectivity index (χ4n) is 4.62. The SMILES string of the molecule is CC(=O)[O-].CC(=O)[O-].CC(=O)[O-].CC(=O)[O-].CC(=O)[O-].CC(=O)[O-].CO.CO.CO.CO.CO.CO.Cc1n[n-]c(C)c1[N+](=O)[O-].Cc1n[n-]c(C)c1[N+](=O)[O-].Cc1n[n-]c(C)c1[N+](=O)[O-].Cc1n[n-]c(C)c1[N+](=O)[O-].Cc1n[n-]c(C)c1[N+](=O)[O-].Cc1n[n-]c(C)c1[N+](=O)[O-].[Cu+2].[Cu+2].[Cu+2].[Cu+2].[Cu+2].[Cu+2].[Cu+2].[OH-].[OH-]. The molecule has 0 aromatic carbocycles. The molecule has 0 aliphatic heterocycles. The number of carbonyl (C=O) groups is 6. The van der Waals surface area contributed by atoms with Crippen molar-refractivity contribution in [2.45, 2.75) is 125 Å². The van der Waals surface area contributed by atoms with Crippen LogP contribution in [-0.4, -0.2) is 180 Å². The Labute approximate surface area is 673 Å². The van der Waals surface area contributed by atoms with Gasteiger partial charge in [0.2, 0.25) is 0 Å². The zero-order valence-corrected chi connectivity index (χ0v) is 66.1. The van der Waals surface area contributed by atoms with Crippen molar-refractivity contribution >= 4 is 69.9 Å². The summed E-state index contributed by atoms with van der Waals surface area (Å²) in [5, 5.41) is 199. The molecule has 6 aromatic rings. The van der Waals surface area contributed by atoms with Gasteiger partial charge in [0.15, 0.2) is 0 Å². The minimum Gasteiger partial charge on any atom is -0.870 e. The number of carbonyl (C=O) groups excluding carboxylic acids is 6. The smallest absolute Gasteiger partial charge is 0.870 e. The number of carboxylic acids is 6. The van der Waals surface area contributed by atoms with E-state index < -0.39 is 65.4 Å². The third-order valence-corrected chi connectivity index (χ3v) is 7.31. The largest absolute Gasteiger partial charge is 2.00 e. The van der Waals surface area contributed by atoms with Crippen LogP contribution in [0, 0.1) is 144 Å². The van der Waals surface area contributed by atoms with Crippen molar-refractivity contribution in [3.8, 4) is 0 Å². The Hall–Kier alpha value is -8.20. The van der Waals surface area contributed by atoms with Crippen LogP contribution < -0.4 is 61.2 Å². The Kier molecular flexibility index (Phi) is 144. The van der Waals surface area contributed by atoms with Crippen LogP contribution >= 0.6 is 0 Å². The Morgan fingerprint density at radius 3 is 0.314 bits per heavy atom. The van der Waals surface area contributed by atoms with Gasteiger partial charge in [-0.25, -0.2) is 0 Å². The van der Waals surface area contributed by atoms with Gasteiger partial charge in [-0.15, -0.1) is 0 Å². The van der Waals surface area contributed by atoms with E-state index in [9.17, 15) is 60.7 Å². The second kappa shape index (κ2) is 97.8. The molecule has 0 aliphatic carbocycles. The fourth-order valence-corrected chi connectivity index (χ4v) is 4.62. The number of aryl methyl sites for hydroxylation is 12. The molecule has 6 heterocycles. The van der Waals surface area contributed by atoms with E-state index in [2.05, 4.69) is 61.2 Å². The maximum Gasteiger partial charge on any atom is 2.00 e. The van der Waals surface area contributed by atoms with Crippen molar-refractivity contribution in [1.29, 1.82) is 0 Å². The van der Waals surface area contributed by atoms with E-state index >= 15 is 0 Å². The third kappa shape index (κ3) is 95.8. The Morgan fingerprint density at radius 2 is 0.295 bits per heavy atom.